The highest BCUT2D eigenvalue weighted by Crippen LogP contribution is 2.22. The van der Waals surface area contributed by atoms with E-state index in [2.05, 4.69) is 30.5 Å². The lowest BCUT2D eigenvalue weighted by atomic mass is 10.3. The number of carbonyl (C=O) groups is 1. The van der Waals surface area contributed by atoms with E-state index in [0.29, 0.717) is 24.1 Å². The molecule has 9 heteroatoms. The van der Waals surface area contributed by atoms with Crippen molar-refractivity contribution >= 4 is 28.7 Å². The zero-order valence-electron chi connectivity index (χ0n) is 14.3. The Balaban J connectivity index is 1.23. The average molecular weight is 380 g/mol. The van der Waals surface area contributed by atoms with Gasteiger partial charge < -0.3 is 14.7 Å². The number of amides is 1. The number of aromatic nitrogens is 5. The molecule has 4 rings (SSSR count). The Morgan fingerprint density at radius 2 is 2.00 bits per heavy atom. The van der Waals surface area contributed by atoms with Crippen LogP contribution in [0.2, 0.25) is 0 Å². The van der Waals surface area contributed by atoms with Crippen LogP contribution in [0, 0.1) is 0 Å². The van der Waals surface area contributed by atoms with Crippen LogP contribution in [0.3, 0.4) is 0 Å². The molecule has 1 amide bonds. The summed E-state index contributed by atoms with van der Waals surface area (Å²) >= 11 is 1.20. The highest BCUT2D eigenvalue weighted by atomic mass is 32.2. The maximum atomic E-state index is 12.0. The first-order valence-corrected chi connectivity index (χ1v) is 9.33. The van der Waals surface area contributed by atoms with Crippen molar-refractivity contribution < 1.29 is 9.21 Å². The fourth-order valence-corrected chi connectivity index (χ4v) is 3.09. The monoisotopic (exact) mass is 380 g/mol. The van der Waals surface area contributed by atoms with E-state index in [-0.39, 0.29) is 11.7 Å². The lowest BCUT2D eigenvalue weighted by Gasteiger charge is -2.02. The fraction of sp³-hybridized carbons (Fsp3) is 0.167. The van der Waals surface area contributed by atoms with Gasteiger partial charge in [-0.05, 0) is 24.3 Å². The maximum Gasteiger partial charge on any atom is 0.277 e. The number of carbonyl (C=O) groups excluding carboxylic acids is 1. The second kappa shape index (κ2) is 8.00. The Morgan fingerprint density at radius 3 is 2.85 bits per heavy atom. The van der Waals surface area contributed by atoms with Crippen molar-refractivity contribution in [2.75, 3.05) is 12.3 Å². The van der Waals surface area contributed by atoms with Crippen molar-refractivity contribution in [3.63, 3.8) is 0 Å². The van der Waals surface area contributed by atoms with Crippen molar-refractivity contribution in [2.45, 2.75) is 11.6 Å². The normalized spacial score (nSPS) is 11.0. The SMILES string of the molecule is O=C(CSc1nnc(-c2ccncc2)o1)NCCc1nc2ccccc2[nH]1. The van der Waals surface area contributed by atoms with E-state index in [1.807, 2.05) is 24.3 Å². The molecule has 3 aromatic heterocycles. The topological polar surface area (TPSA) is 110 Å². The number of thioether (sulfide) groups is 1. The molecule has 0 spiro atoms. The van der Waals surface area contributed by atoms with Crippen molar-refractivity contribution in [1.29, 1.82) is 0 Å². The van der Waals surface area contributed by atoms with Gasteiger partial charge >= 0.3 is 0 Å². The van der Waals surface area contributed by atoms with E-state index >= 15 is 0 Å². The first-order chi connectivity index (χ1) is 13.3. The van der Waals surface area contributed by atoms with Gasteiger partial charge in [-0.1, -0.05) is 23.9 Å². The van der Waals surface area contributed by atoms with Gasteiger partial charge in [-0.3, -0.25) is 9.78 Å². The predicted molar refractivity (Wildman–Crippen MR) is 101 cm³/mol. The summed E-state index contributed by atoms with van der Waals surface area (Å²) in [5.41, 5.74) is 2.71. The van der Waals surface area contributed by atoms with Crippen LogP contribution < -0.4 is 5.32 Å². The molecule has 0 aliphatic heterocycles. The molecule has 8 nitrogen and oxygen atoms in total. The summed E-state index contributed by atoms with van der Waals surface area (Å²) in [7, 11) is 0. The number of rotatable bonds is 7. The summed E-state index contributed by atoms with van der Waals surface area (Å²) in [6, 6.07) is 11.4. The van der Waals surface area contributed by atoms with Crippen LogP contribution in [0.5, 0.6) is 0 Å². The van der Waals surface area contributed by atoms with E-state index in [9.17, 15) is 4.79 Å². The number of aromatic amines is 1. The summed E-state index contributed by atoms with van der Waals surface area (Å²) in [5.74, 6) is 1.37. The van der Waals surface area contributed by atoms with E-state index < -0.39 is 0 Å². The number of fused-ring (bicyclic) bond motifs is 1. The van der Waals surface area contributed by atoms with Crippen molar-refractivity contribution in [3.05, 3.63) is 54.6 Å². The van der Waals surface area contributed by atoms with Gasteiger partial charge in [-0.25, -0.2) is 4.98 Å². The molecular weight excluding hydrogens is 364 g/mol. The molecule has 3 heterocycles. The van der Waals surface area contributed by atoms with Gasteiger partial charge in [0.25, 0.3) is 5.22 Å². The molecule has 0 bridgehead atoms. The van der Waals surface area contributed by atoms with Crippen LogP contribution in [0.25, 0.3) is 22.5 Å². The molecule has 4 aromatic rings. The molecule has 0 aliphatic rings. The second-order valence-corrected chi connectivity index (χ2v) is 6.62. The molecular formula is C18H16N6O2S. The number of nitrogens with zero attached hydrogens (tertiary/aromatic N) is 4. The van der Waals surface area contributed by atoms with Gasteiger partial charge in [0.15, 0.2) is 0 Å². The summed E-state index contributed by atoms with van der Waals surface area (Å²) in [4.78, 5) is 23.7. The summed E-state index contributed by atoms with van der Waals surface area (Å²) in [6.07, 6.45) is 3.95. The smallest absolute Gasteiger partial charge is 0.277 e. The van der Waals surface area contributed by atoms with Crippen LogP contribution in [0.1, 0.15) is 5.82 Å². The highest BCUT2D eigenvalue weighted by Gasteiger charge is 2.11. The Hall–Kier alpha value is -3.20. The number of pyridine rings is 1. The minimum absolute atomic E-state index is 0.0974. The molecule has 136 valence electrons. The summed E-state index contributed by atoms with van der Waals surface area (Å²) < 4.78 is 5.55. The zero-order chi connectivity index (χ0) is 18.5. The van der Waals surface area contributed by atoms with Crippen molar-refractivity contribution in [3.8, 4) is 11.5 Å². The molecule has 1 aromatic carbocycles. The minimum Gasteiger partial charge on any atom is -0.411 e. The van der Waals surface area contributed by atoms with E-state index in [0.717, 1.165) is 22.4 Å². The maximum absolute atomic E-state index is 12.0. The average Bonchev–Trinajstić information content (AvgIpc) is 3.34. The Bertz CT molecular complexity index is 1010. The number of hydrogen-bond donors (Lipinski definition) is 2. The molecule has 27 heavy (non-hydrogen) atoms. The highest BCUT2D eigenvalue weighted by molar-refractivity contribution is 7.99. The zero-order valence-corrected chi connectivity index (χ0v) is 15.1. The third-order valence-corrected chi connectivity index (χ3v) is 4.60. The van der Waals surface area contributed by atoms with Gasteiger partial charge in [-0.15, -0.1) is 10.2 Å². The lowest BCUT2D eigenvalue weighted by molar-refractivity contribution is -0.118. The number of hydrogen-bond acceptors (Lipinski definition) is 7. The third-order valence-electron chi connectivity index (χ3n) is 3.78. The molecule has 0 aliphatic carbocycles. The van der Waals surface area contributed by atoms with Crippen LogP contribution in [0.4, 0.5) is 0 Å². The Labute approximate surface area is 158 Å². The van der Waals surface area contributed by atoms with E-state index in [1.165, 1.54) is 11.8 Å². The van der Waals surface area contributed by atoms with Gasteiger partial charge in [-0.2, -0.15) is 0 Å². The largest absolute Gasteiger partial charge is 0.411 e. The molecule has 0 fully saturated rings. The standard InChI is InChI=1S/C18H16N6O2S/c25-16(20-10-7-15-21-13-3-1-2-4-14(13)22-15)11-27-18-24-23-17(26-18)12-5-8-19-9-6-12/h1-6,8-9H,7,10-11H2,(H,20,25)(H,21,22). The van der Waals surface area contributed by atoms with E-state index in [4.69, 9.17) is 4.42 Å². The molecule has 0 radical (unpaired) electrons. The Kier molecular flexibility index (Phi) is 5.10. The van der Waals surface area contributed by atoms with Crippen LogP contribution in [0.15, 0.2) is 58.4 Å². The number of imidazole rings is 1. The third kappa shape index (κ3) is 4.32. The lowest BCUT2D eigenvalue weighted by Crippen LogP contribution is -2.27. The number of benzene rings is 1. The molecule has 0 atom stereocenters. The fourth-order valence-electron chi connectivity index (χ4n) is 2.50. The van der Waals surface area contributed by atoms with Crippen molar-refractivity contribution in [2.24, 2.45) is 0 Å². The van der Waals surface area contributed by atoms with Crippen LogP contribution >= 0.6 is 11.8 Å². The molecule has 0 saturated heterocycles. The second-order valence-electron chi connectivity index (χ2n) is 5.70. The summed E-state index contributed by atoms with van der Waals surface area (Å²) in [6.45, 7) is 0.505. The van der Waals surface area contributed by atoms with Gasteiger partial charge in [0, 0.05) is 30.9 Å². The molecule has 0 unspecified atom stereocenters. The predicted octanol–water partition coefficient (Wildman–Crippen LogP) is 2.46. The number of H-pyrrole nitrogens is 1. The van der Waals surface area contributed by atoms with E-state index in [1.54, 1.807) is 24.5 Å². The summed E-state index contributed by atoms with van der Waals surface area (Å²) in [5, 5.41) is 11.1. The van der Waals surface area contributed by atoms with Crippen LogP contribution in [-0.4, -0.2) is 43.4 Å². The minimum atomic E-state index is -0.0974. The quantitative estimate of drug-likeness (QED) is 0.474. The number of para-hydroxylation sites is 2. The van der Waals surface area contributed by atoms with Gasteiger partial charge in [0.1, 0.15) is 5.82 Å². The first-order valence-electron chi connectivity index (χ1n) is 8.35. The van der Waals surface area contributed by atoms with Crippen molar-refractivity contribution in [1.82, 2.24) is 30.5 Å². The van der Waals surface area contributed by atoms with Gasteiger partial charge in [0.2, 0.25) is 11.8 Å². The van der Waals surface area contributed by atoms with Crippen LogP contribution in [-0.2, 0) is 11.2 Å². The first kappa shape index (κ1) is 17.2. The van der Waals surface area contributed by atoms with Gasteiger partial charge in [0.05, 0.1) is 16.8 Å². The number of nitrogens with one attached hydrogen (secondary N) is 2. The molecule has 2 N–H and O–H groups in total. The Morgan fingerprint density at radius 1 is 1.15 bits per heavy atom. The molecule has 0 saturated carbocycles.